The van der Waals surface area contributed by atoms with Gasteiger partial charge in [-0.15, -0.1) is 0 Å². The SMILES string of the molecule is CCCc1noc(COC(=O)CN2C(=O)NC(C)(C)C2=O)n1. The topological polar surface area (TPSA) is 115 Å². The maximum Gasteiger partial charge on any atom is 0.326 e. The van der Waals surface area contributed by atoms with Gasteiger partial charge in [-0.1, -0.05) is 12.1 Å². The Labute approximate surface area is 127 Å². The number of nitrogens with one attached hydrogen (secondary N) is 1. The number of ether oxygens (including phenoxy) is 1. The lowest BCUT2D eigenvalue weighted by Gasteiger charge is -2.15. The van der Waals surface area contributed by atoms with Crippen molar-refractivity contribution >= 4 is 17.9 Å². The molecule has 0 radical (unpaired) electrons. The van der Waals surface area contributed by atoms with Gasteiger partial charge in [-0.2, -0.15) is 4.98 Å². The Morgan fingerprint density at radius 1 is 1.41 bits per heavy atom. The number of aryl methyl sites for hydroxylation is 1. The summed E-state index contributed by atoms with van der Waals surface area (Å²) in [6.07, 6.45) is 1.55. The molecule has 3 amide bonds. The van der Waals surface area contributed by atoms with E-state index in [1.807, 2.05) is 6.92 Å². The van der Waals surface area contributed by atoms with Crippen LogP contribution in [0.2, 0.25) is 0 Å². The summed E-state index contributed by atoms with van der Waals surface area (Å²) in [7, 11) is 0. The highest BCUT2D eigenvalue weighted by molar-refractivity contribution is 6.08. The van der Waals surface area contributed by atoms with Gasteiger partial charge in [0.15, 0.2) is 12.4 Å². The maximum absolute atomic E-state index is 11.9. The molecule has 0 aliphatic carbocycles. The molecule has 0 unspecified atom stereocenters. The zero-order valence-electron chi connectivity index (χ0n) is 12.7. The number of nitrogens with zero attached hydrogens (tertiary/aromatic N) is 3. The summed E-state index contributed by atoms with van der Waals surface area (Å²) in [4.78, 5) is 40.1. The van der Waals surface area contributed by atoms with Crippen molar-refractivity contribution in [1.82, 2.24) is 20.4 Å². The van der Waals surface area contributed by atoms with Crippen LogP contribution < -0.4 is 5.32 Å². The van der Waals surface area contributed by atoms with Gasteiger partial charge in [-0.25, -0.2) is 4.79 Å². The van der Waals surface area contributed by atoms with Gasteiger partial charge in [0, 0.05) is 6.42 Å². The number of hydrogen-bond donors (Lipinski definition) is 1. The quantitative estimate of drug-likeness (QED) is 0.597. The minimum atomic E-state index is -1.01. The summed E-state index contributed by atoms with van der Waals surface area (Å²) in [6.45, 7) is 4.46. The van der Waals surface area contributed by atoms with Gasteiger partial charge in [0.1, 0.15) is 12.1 Å². The van der Waals surface area contributed by atoms with Crippen LogP contribution in [0.25, 0.3) is 0 Å². The Hall–Kier alpha value is -2.45. The highest BCUT2D eigenvalue weighted by atomic mass is 16.6. The molecule has 1 aliphatic heterocycles. The first-order valence-electron chi connectivity index (χ1n) is 6.94. The largest absolute Gasteiger partial charge is 0.454 e. The van der Waals surface area contributed by atoms with Crippen molar-refractivity contribution in [2.75, 3.05) is 6.54 Å². The predicted octanol–water partition coefficient (Wildman–Crippen LogP) is 0.396. The Morgan fingerprint density at radius 3 is 2.73 bits per heavy atom. The minimum absolute atomic E-state index is 0.175. The van der Waals surface area contributed by atoms with E-state index in [1.165, 1.54) is 0 Å². The summed E-state index contributed by atoms with van der Waals surface area (Å²) in [6, 6.07) is -0.616. The van der Waals surface area contributed by atoms with Crippen LogP contribution in [0.5, 0.6) is 0 Å². The normalized spacial score (nSPS) is 16.8. The number of hydrogen-bond acceptors (Lipinski definition) is 7. The molecule has 1 saturated heterocycles. The summed E-state index contributed by atoms with van der Waals surface area (Å²) >= 11 is 0. The van der Waals surface area contributed by atoms with E-state index in [0.29, 0.717) is 12.2 Å². The van der Waals surface area contributed by atoms with Crippen molar-refractivity contribution in [3.63, 3.8) is 0 Å². The summed E-state index contributed by atoms with van der Waals surface area (Å²) in [5.41, 5.74) is -1.01. The van der Waals surface area contributed by atoms with Crippen LogP contribution in [0.3, 0.4) is 0 Å². The molecule has 2 heterocycles. The monoisotopic (exact) mass is 310 g/mol. The number of carbonyl (C=O) groups excluding carboxylic acids is 3. The highest BCUT2D eigenvalue weighted by Crippen LogP contribution is 2.16. The number of carbonyl (C=O) groups is 3. The fourth-order valence-electron chi connectivity index (χ4n) is 1.95. The van der Waals surface area contributed by atoms with Gasteiger partial charge >= 0.3 is 12.0 Å². The molecule has 9 nitrogen and oxygen atoms in total. The second-order valence-electron chi connectivity index (χ2n) is 5.46. The Kier molecular flexibility index (Phi) is 4.43. The molecule has 120 valence electrons. The average Bonchev–Trinajstić information content (AvgIpc) is 2.95. The molecule has 2 rings (SSSR count). The third kappa shape index (κ3) is 3.41. The molecule has 0 bridgehead atoms. The molecule has 0 spiro atoms. The van der Waals surface area contributed by atoms with Gasteiger partial charge in [-0.3, -0.25) is 14.5 Å². The lowest BCUT2D eigenvalue weighted by Crippen LogP contribution is -2.41. The molecule has 0 atom stereocenters. The molecular weight excluding hydrogens is 292 g/mol. The summed E-state index contributed by atoms with van der Waals surface area (Å²) < 4.78 is 9.85. The van der Waals surface area contributed by atoms with Crippen LogP contribution in [-0.4, -0.2) is 45.0 Å². The van der Waals surface area contributed by atoms with Crippen molar-refractivity contribution in [2.45, 2.75) is 45.8 Å². The molecule has 1 aliphatic rings. The van der Waals surface area contributed by atoms with Crippen LogP contribution in [0, 0.1) is 0 Å². The summed E-state index contributed by atoms with van der Waals surface area (Å²) in [5, 5.41) is 6.20. The molecule has 1 aromatic heterocycles. The van der Waals surface area contributed by atoms with E-state index in [1.54, 1.807) is 13.8 Å². The van der Waals surface area contributed by atoms with Gasteiger partial charge in [0.25, 0.3) is 11.8 Å². The Bertz CT molecular complexity index is 595. The number of esters is 1. The Balaban J connectivity index is 1.85. The average molecular weight is 310 g/mol. The molecular formula is C13H18N4O5. The molecule has 22 heavy (non-hydrogen) atoms. The smallest absolute Gasteiger partial charge is 0.326 e. The third-order valence-corrected chi connectivity index (χ3v) is 3.07. The first kappa shape index (κ1) is 15.9. The highest BCUT2D eigenvalue weighted by Gasteiger charge is 2.45. The summed E-state index contributed by atoms with van der Waals surface area (Å²) in [5.74, 6) is -0.479. The van der Waals surface area contributed by atoms with Gasteiger partial charge in [-0.05, 0) is 20.3 Å². The zero-order valence-corrected chi connectivity index (χ0v) is 12.7. The lowest BCUT2D eigenvalue weighted by molar-refractivity contribution is -0.149. The molecule has 9 heteroatoms. The number of urea groups is 1. The number of aromatic nitrogens is 2. The van der Waals surface area contributed by atoms with E-state index in [9.17, 15) is 14.4 Å². The fraction of sp³-hybridized carbons (Fsp3) is 0.615. The van der Waals surface area contributed by atoms with Crippen molar-refractivity contribution < 1.29 is 23.6 Å². The van der Waals surface area contributed by atoms with E-state index in [2.05, 4.69) is 15.5 Å². The first-order valence-corrected chi connectivity index (χ1v) is 6.94. The first-order chi connectivity index (χ1) is 10.3. The second-order valence-corrected chi connectivity index (χ2v) is 5.46. The van der Waals surface area contributed by atoms with Gasteiger partial charge in [0.2, 0.25) is 0 Å². The van der Waals surface area contributed by atoms with Crippen LogP contribution in [-0.2, 0) is 27.4 Å². The van der Waals surface area contributed by atoms with Crippen molar-refractivity contribution in [2.24, 2.45) is 0 Å². The zero-order chi connectivity index (χ0) is 16.3. The molecule has 1 fully saturated rings. The second kappa shape index (κ2) is 6.12. The van der Waals surface area contributed by atoms with E-state index in [4.69, 9.17) is 9.26 Å². The van der Waals surface area contributed by atoms with Crippen LogP contribution in [0.4, 0.5) is 4.79 Å². The predicted molar refractivity (Wildman–Crippen MR) is 72.4 cm³/mol. The molecule has 1 aromatic rings. The lowest BCUT2D eigenvalue weighted by atomic mass is 10.1. The van der Waals surface area contributed by atoms with E-state index in [-0.39, 0.29) is 12.5 Å². The standard InChI is InChI=1S/C13H18N4O5/c1-4-5-8-14-9(22-16-8)7-21-10(18)6-17-11(19)13(2,3)15-12(17)20/h4-7H2,1-3H3,(H,15,20). The van der Waals surface area contributed by atoms with Crippen LogP contribution in [0.15, 0.2) is 4.52 Å². The third-order valence-electron chi connectivity index (χ3n) is 3.07. The Morgan fingerprint density at radius 2 is 2.14 bits per heavy atom. The van der Waals surface area contributed by atoms with E-state index >= 15 is 0 Å². The maximum atomic E-state index is 11.9. The number of imide groups is 1. The van der Waals surface area contributed by atoms with Crippen molar-refractivity contribution in [1.29, 1.82) is 0 Å². The van der Waals surface area contributed by atoms with Crippen LogP contribution >= 0.6 is 0 Å². The van der Waals surface area contributed by atoms with E-state index in [0.717, 1.165) is 11.3 Å². The van der Waals surface area contributed by atoms with E-state index < -0.39 is 30.0 Å². The fourth-order valence-corrected chi connectivity index (χ4v) is 1.95. The minimum Gasteiger partial charge on any atom is -0.454 e. The van der Waals surface area contributed by atoms with Gasteiger partial charge in [0.05, 0.1) is 0 Å². The van der Waals surface area contributed by atoms with Gasteiger partial charge < -0.3 is 14.6 Å². The molecule has 1 N–H and O–H groups in total. The number of amides is 3. The molecule has 0 aromatic carbocycles. The van der Waals surface area contributed by atoms with Crippen molar-refractivity contribution in [3.05, 3.63) is 11.7 Å². The van der Waals surface area contributed by atoms with Crippen LogP contribution in [0.1, 0.15) is 38.9 Å². The van der Waals surface area contributed by atoms with Crippen molar-refractivity contribution in [3.8, 4) is 0 Å². The molecule has 0 saturated carbocycles. The number of rotatable bonds is 6.